The molecule has 0 saturated carbocycles. The highest BCUT2D eigenvalue weighted by molar-refractivity contribution is 6.30. The highest BCUT2D eigenvalue weighted by atomic mass is 35.5. The van der Waals surface area contributed by atoms with Crippen molar-refractivity contribution >= 4 is 23.5 Å². The van der Waals surface area contributed by atoms with Crippen LogP contribution in [-0.2, 0) is 6.61 Å². The van der Waals surface area contributed by atoms with Gasteiger partial charge >= 0.3 is 5.97 Å². The Balaban J connectivity index is 2.24. The number of nitrogens with zero attached hydrogens (tertiary/aromatic N) is 2. The first-order valence-corrected chi connectivity index (χ1v) is 6.10. The molecule has 104 valence electrons. The molecule has 0 bridgehead atoms. The number of carboxylic acids is 1. The predicted molar refractivity (Wildman–Crippen MR) is 73.9 cm³/mol. The smallest absolute Gasteiger partial charge is 0.339 e. The summed E-state index contributed by atoms with van der Waals surface area (Å²) in [5.41, 5.74) is 6.08. The quantitative estimate of drug-likeness (QED) is 0.897. The molecule has 0 fully saturated rings. The SMILES string of the molecule is Cc1nc(N)nc(COc2ccc(Cl)cc2)c1C(=O)O. The van der Waals surface area contributed by atoms with E-state index in [0.717, 1.165) is 0 Å². The monoisotopic (exact) mass is 293 g/mol. The predicted octanol–water partition coefficient (Wildman–Crippen LogP) is 2.30. The summed E-state index contributed by atoms with van der Waals surface area (Å²) in [6, 6.07) is 6.71. The molecular weight excluding hydrogens is 282 g/mol. The van der Waals surface area contributed by atoms with Crippen molar-refractivity contribution in [2.45, 2.75) is 13.5 Å². The van der Waals surface area contributed by atoms with Crippen LogP contribution in [0.4, 0.5) is 5.95 Å². The van der Waals surface area contributed by atoms with E-state index in [4.69, 9.17) is 22.1 Å². The molecule has 1 heterocycles. The molecule has 0 aliphatic heterocycles. The lowest BCUT2D eigenvalue weighted by atomic mass is 10.1. The van der Waals surface area contributed by atoms with E-state index in [1.807, 2.05) is 0 Å². The Morgan fingerprint density at radius 2 is 2.00 bits per heavy atom. The van der Waals surface area contributed by atoms with Gasteiger partial charge in [-0.1, -0.05) is 11.6 Å². The number of aromatic nitrogens is 2. The lowest BCUT2D eigenvalue weighted by Gasteiger charge is -2.10. The molecule has 0 aliphatic carbocycles. The zero-order valence-corrected chi connectivity index (χ0v) is 11.4. The molecular formula is C13H12ClN3O3. The molecule has 3 N–H and O–H groups in total. The lowest BCUT2D eigenvalue weighted by molar-refractivity contribution is 0.0691. The fraction of sp³-hybridized carbons (Fsp3) is 0.154. The van der Waals surface area contributed by atoms with Crippen LogP contribution in [0.5, 0.6) is 5.75 Å². The topological polar surface area (TPSA) is 98.3 Å². The van der Waals surface area contributed by atoms with Crippen molar-refractivity contribution in [1.82, 2.24) is 9.97 Å². The molecule has 0 unspecified atom stereocenters. The molecule has 1 aromatic heterocycles. The molecule has 0 amide bonds. The minimum absolute atomic E-state index is 0.00756. The minimum Gasteiger partial charge on any atom is -0.487 e. The number of carboxylic acid groups (broad SMARTS) is 1. The summed E-state index contributed by atoms with van der Waals surface area (Å²) in [4.78, 5) is 19.0. The van der Waals surface area contributed by atoms with Crippen molar-refractivity contribution in [2.24, 2.45) is 0 Å². The van der Waals surface area contributed by atoms with Crippen LogP contribution >= 0.6 is 11.6 Å². The van der Waals surface area contributed by atoms with E-state index in [0.29, 0.717) is 16.5 Å². The number of anilines is 1. The van der Waals surface area contributed by atoms with Crippen molar-refractivity contribution in [3.63, 3.8) is 0 Å². The number of nitrogen functional groups attached to an aromatic ring is 1. The van der Waals surface area contributed by atoms with E-state index in [-0.39, 0.29) is 23.8 Å². The first-order valence-electron chi connectivity index (χ1n) is 5.72. The molecule has 0 atom stereocenters. The number of hydrogen-bond donors (Lipinski definition) is 2. The number of benzene rings is 1. The zero-order valence-electron chi connectivity index (χ0n) is 10.6. The molecule has 0 radical (unpaired) electrons. The standard InChI is InChI=1S/C13H12ClN3O3/c1-7-11(12(18)19)10(17-13(15)16-7)6-20-9-4-2-8(14)3-5-9/h2-5H,6H2,1H3,(H,18,19)(H2,15,16,17). The fourth-order valence-corrected chi connectivity index (χ4v) is 1.85. The molecule has 20 heavy (non-hydrogen) atoms. The van der Waals surface area contributed by atoms with E-state index in [9.17, 15) is 9.90 Å². The number of rotatable bonds is 4. The molecule has 0 spiro atoms. The first-order chi connectivity index (χ1) is 9.47. The molecule has 0 aliphatic rings. The molecule has 6 nitrogen and oxygen atoms in total. The van der Waals surface area contributed by atoms with E-state index in [1.54, 1.807) is 31.2 Å². The summed E-state index contributed by atoms with van der Waals surface area (Å²) in [5.74, 6) is -0.542. The maximum absolute atomic E-state index is 11.2. The van der Waals surface area contributed by atoms with E-state index in [2.05, 4.69) is 9.97 Å². The maximum atomic E-state index is 11.2. The van der Waals surface area contributed by atoms with Crippen molar-refractivity contribution < 1.29 is 14.6 Å². The summed E-state index contributed by atoms with van der Waals surface area (Å²) in [5, 5.41) is 9.77. The Hall–Kier alpha value is -2.34. The molecule has 7 heteroatoms. The average Bonchev–Trinajstić information content (AvgIpc) is 2.36. The summed E-state index contributed by atoms with van der Waals surface area (Å²) in [7, 11) is 0. The van der Waals surface area contributed by atoms with Gasteiger partial charge in [-0.25, -0.2) is 14.8 Å². The van der Waals surface area contributed by atoms with Gasteiger partial charge in [0, 0.05) is 5.02 Å². The molecule has 1 aromatic carbocycles. The van der Waals surface area contributed by atoms with Gasteiger partial charge in [0.05, 0.1) is 11.4 Å². The van der Waals surface area contributed by atoms with Crippen LogP contribution in [0.2, 0.25) is 5.02 Å². The highest BCUT2D eigenvalue weighted by Gasteiger charge is 2.17. The highest BCUT2D eigenvalue weighted by Crippen LogP contribution is 2.18. The van der Waals surface area contributed by atoms with Crippen LogP contribution < -0.4 is 10.5 Å². The van der Waals surface area contributed by atoms with Crippen LogP contribution in [0.25, 0.3) is 0 Å². The Bertz CT molecular complexity index is 644. The van der Waals surface area contributed by atoms with Gasteiger partial charge in [0.15, 0.2) is 0 Å². The second kappa shape index (κ2) is 5.75. The number of aryl methyl sites for hydroxylation is 1. The lowest BCUT2D eigenvalue weighted by Crippen LogP contribution is -2.14. The number of hydrogen-bond acceptors (Lipinski definition) is 5. The fourth-order valence-electron chi connectivity index (χ4n) is 1.72. The third-order valence-electron chi connectivity index (χ3n) is 2.59. The zero-order chi connectivity index (χ0) is 14.7. The second-order valence-corrected chi connectivity index (χ2v) is 4.47. The summed E-state index contributed by atoms with van der Waals surface area (Å²) >= 11 is 5.77. The van der Waals surface area contributed by atoms with Gasteiger partial charge in [-0.2, -0.15) is 0 Å². The van der Waals surface area contributed by atoms with Crippen LogP contribution in [-0.4, -0.2) is 21.0 Å². The number of nitrogens with two attached hydrogens (primary N) is 1. The van der Waals surface area contributed by atoms with Crippen molar-refractivity contribution in [3.8, 4) is 5.75 Å². The van der Waals surface area contributed by atoms with E-state index >= 15 is 0 Å². The second-order valence-electron chi connectivity index (χ2n) is 4.04. The van der Waals surface area contributed by atoms with Crippen LogP contribution in [0.1, 0.15) is 21.7 Å². The Kier molecular flexibility index (Phi) is 4.05. The van der Waals surface area contributed by atoms with Crippen molar-refractivity contribution in [1.29, 1.82) is 0 Å². The summed E-state index contributed by atoms with van der Waals surface area (Å²) in [6.07, 6.45) is 0. The number of ether oxygens (including phenoxy) is 1. The van der Waals surface area contributed by atoms with Gasteiger partial charge < -0.3 is 15.6 Å². The molecule has 2 aromatic rings. The normalized spacial score (nSPS) is 10.3. The van der Waals surface area contributed by atoms with Crippen molar-refractivity contribution in [2.75, 3.05) is 5.73 Å². The van der Waals surface area contributed by atoms with Gasteiger partial charge in [-0.3, -0.25) is 0 Å². The molecule has 0 saturated heterocycles. The van der Waals surface area contributed by atoms with Gasteiger partial charge in [0.2, 0.25) is 5.95 Å². The van der Waals surface area contributed by atoms with Gasteiger partial charge in [0.1, 0.15) is 17.9 Å². The molecule has 2 rings (SSSR count). The Morgan fingerprint density at radius 1 is 1.35 bits per heavy atom. The van der Waals surface area contributed by atoms with Crippen LogP contribution in [0.3, 0.4) is 0 Å². The van der Waals surface area contributed by atoms with Gasteiger partial charge in [-0.15, -0.1) is 0 Å². The largest absolute Gasteiger partial charge is 0.487 e. The summed E-state index contributed by atoms with van der Waals surface area (Å²) in [6.45, 7) is 1.55. The number of aromatic carboxylic acids is 1. The van der Waals surface area contributed by atoms with Gasteiger partial charge in [-0.05, 0) is 31.2 Å². The van der Waals surface area contributed by atoms with Gasteiger partial charge in [0.25, 0.3) is 0 Å². The van der Waals surface area contributed by atoms with Crippen LogP contribution in [0.15, 0.2) is 24.3 Å². The maximum Gasteiger partial charge on any atom is 0.339 e. The third kappa shape index (κ3) is 3.16. The third-order valence-corrected chi connectivity index (χ3v) is 2.84. The first kappa shape index (κ1) is 14.1. The summed E-state index contributed by atoms with van der Waals surface area (Å²) < 4.78 is 5.48. The average molecular weight is 294 g/mol. The van der Waals surface area contributed by atoms with E-state index < -0.39 is 5.97 Å². The van der Waals surface area contributed by atoms with E-state index in [1.165, 1.54) is 0 Å². The number of carbonyl (C=O) groups is 1. The minimum atomic E-state index is -1.11. The van der Waals surface area contributed by atoms with Crippen molar-refractivity contribution in [3.05, 3.63) is 46.2 Å². The van der Waals surface area contributed by atoms with Crippen LogP contribution in [0, 0.1) is 6.92 Å². The number of halogens is 1. The Morgan fingerprint density at radius 3 is 2.60 bits per heavy atom. The Labute approximate surface area is 120 Å².